The van der Waals surface area contributed by atoms with Crippen molar-refractivity contribution in [2.24, 2.45) is 0 Å². The van der Waals surface area contributed by atoms with Gasteiger partial charge in [-0.3, -0.25) is 14.3 Å². The van der Waals surface area contributed by atoms with Crippen LogP contribution in [0.15, 0.2) is 47.4 Å². The highest BCUT2D eigenvalue weighted by Gasteiger charge is 2.19. The Morgan fingerprint density at radius 3 is 2.42 bits per heavy atom. The molecule has 0 radical (unpaired) electrons. The van der Waals surface area contributed by atoms with Gasteiger partial charge in [-0.15, -0.1) is 0 Å². The van der Waals surface area contributed by atoms with E-state index in [1.54, 1.807) is 13.0 Å². The van der Waals surface area contributed by atoms with Crippen molar-refractivity contribution in [3.05, 3.63) is 59.4 Å². The molecule has 2 aromatic rings. The summed E-state index contributed by atoms with van der Waals surface area (Å²) in [7, 11) is -3.96. The van der Waals surface area contributed by atoms with Gasteiger partial charge >= 0.3 is 0 Å². The molecule has 31 heavy (non-hydrogen) atoms. The van der Waals surface area contributed by atoms with Crippen molar-refractivity contribution < 1.29 is 22.4 Å². The summed E-state index contributed by atoms with van der Waals surface area (Å²) in [6.07, 6.45) is 4.38. The lowest BCUT2D eigenvalue weighted by Crippen LogP contribution is -2.35. The van der Waals surface area contributed by atoms with Crippen LogP contribution in [0.2, 0.25) is 0 Å². The zero-order chi connectivity index (χ0) is 22.4. The first-order valence-electron chi connectivity index (χ1n) is 10.2. The fourth-order valence-corrected chi connectivity index (χ4v) is 4.58. The maximum atomic E-state index is 13.0. The number of carbonyl (C=O) groups excluding carboxylic acids is 2. The smallest absolute Gasteiger partial charge is 0.261 e. The molecular weight excluding hydrogens is 421 g/mol. The Hall–Kier alpha value is -2.94. The van der Waals surface area contributed by atoms with Crippen LogP contribution in [0.5, 0.6) is 0 Å². The molecule has 3 N–H and O–H groups in total. The zero-order valence-corrected chi connectivity index (χ0v) is 18.1. The first-order valence-corrected chi connectivity index (χ1v) is 11.7. The van der Waals surface area contributed by atoms with E-state index >= 15 is 0 Å². The van der Waals surface area contributed by atoms with E-state index in [0.717, 1.165) is 37.8 Å². The molecule has 1 saturated carbocycles. The molecule has 2 aromatic carbocycles. The van der Waals surface area contributed by atoms with Gasteiger partial charge in [-0.25, -0.2) is 12.8 Å². The van der Waals surface area contributed by atoms with Crippen LogP contribution in [0, 0.1) is 12.7 Å². The van der Waals surface area contributed by atoms with Crippen LogP contribution in [-0.4, -0.2) is 32.8 Å². The van der Waals surface area contributed by atoms with Crippen LogP contribution in [0.4, 0.5) is 10.1 Å². The topological polar surface area (TPSA) is 104 Å². The van der Waals surface area contributed by atoms with E-state index in [0.29, 0.717) is 5.56 Å². The van der Waals surface area contributed by atoms with Crippen LogP contribution in [0.25, 0.3) is 0 Å². The number of nitrogens with one attached hydrogen (secondary N) is 3. The second kappa shape index (κ2) is 9.91. The van der Waals surface area contributed by atoms with E-state index in [9.17, 15) is 22.4 Å². The van der Waals surface area contributed by atoms with Gasteiger partial charge in [-0.05, 0) is 61.7 Å². The molecule has 1 aliphatic carbocycles. The molecule has 9 heteroatoms. The van der Waals surface area contributed by atoms with Gasteiger partial charge in [0.1, 0.15) is 5.82 Å². The SMILES string of the molecule is Cc1ccc(S(=O)(=O)Nc2ccc(F)cc2)cc1C(=O)NCCC(=O)NC1CCCC1. The van der Waals surface area contributed by atoms with Gasteiger partial charge in [0.15, 0.2) is 0 Å². The second-order valence-corrected chi connectivity index (χ2v) is 9.33. The Morgan fingerprint density at radius 1 is 1.06 bits per heavy atom. The Kier molecular flexibility index (Phi) is 7.27. The summed E-state index contributed by atoms with van der Waals surface area (Å²) in [4.78, 5) is 24.5. The van der Waals surface area contributed by atoms with E-state index in [1.807, 2.05) is 0 Å². The average Bonchev–Trinajstić information content (AvgIpc) is 3.22. The monoisotopic (exact) mass is 447 g/mol. The van der Waals surface area contributed by atoms with Gasteiger partial charge < -0.3 is 10.6 Å². The molecule has 2 amide bonds. The van der Waals surface area contributed by atoms with Crippen LogP contribution < -0.4 is 15.4 Å². The molecule has 0 saturated heterocycles. The van der Waals surface area contributed by atoms with Crippen LogP contribution >= 0.6 is 0 Å². The third kappa shape index (κ3) is 6.27. The summed E-state index contributed by atoms with van der Waals surface area (Å²) in [6, 6.07) is 9.37. The minimum Gasteiger partial charge on any atom is -0.353 e. The van der Waals surface area contributed by atoms with Gasteiger partial charge in [0.25, 0.3) is 15.9 Å². The number of halogens is 1. The van der Waals surface area contributed by atoms with Crippen molar-refractivity contribution in [1.29, 1.82) is 0 Å². The Labute approximate surface area is 181 Å². The number of sulfonamides is 1. The standard InChI is InChI=1S/C22H26FN3O4S/c1-15-6-11-19(31(29,30)26-18-9-7-16(23)8-10-18)14-20(15)22(28)24-13-12-21(27)25-17-4-2-3-5-17/h6-11,14,17,26H,2-5,12-13H2,1H3,(H,24,28)(H,25,27). The summed E-state index contributed by atoms with van der Waals surface area (Å²) < 4.78 is 40.7. The van der Waals surface area contributed by atoms with Crippen LogP contribution in [-0.2, 0) is 14.8 Å². The van der Waals surface area contributed by atoms with Crippen molar-refractivity contribution >= 4 is 27.5 Å². The molecule has 0 spiro atoms. The predicted molar refractivity (Wildman–Crippen MR) is 116 cm³/mol. The highest BCUT2D eigenvalue weighted by atomic mass is 32.2. The molecule has 7 nitrogen and oxygen atoms in total. The van der Waals surface area contributed by atoms with E-state index in [2.05, 4.69) is 15.4 Å². The van der Waals surface area contributed by atoms with Crippen molar-refractivity contribution in [1.82, 2.24) is 10.6 Å². The van der Waals surface area contributed by atoms with Gasteiger partial charge in [-0.2, -0.15) is 0 Å². The second-order valence-electron chi connectivity index (χ2n) is 7.64. The molecule has 0 atom stereocenters. The molecular formula is C22H26FN3O4S. The van der Waals surface area contributed by atoms with Gasteiger partial charge in [0, 0.05) is 30.3 Å². The molecule has 0 aromatic heterocycles. The van der Waals surface area contributed by atoms with Crippen molar-refractivity contribution in [2.45, 2.75) is 50.0 Å². The van der Waals surface area contributed by atoms with Crippen molar-refractivity contribution in [3.63, 3.8) is 0 Å². The highest BCUT2D eigenvalue weighted by Crippen LogP contribution is 2.20. The Morgan fingerprint density at radius 2 is 1.74 bits per heavy atom. The van der Waals surface area contributed by atoms with Crippen molar-refractivity contribution in [3.8, 4) is 0 Å². The average molecular weight is 448 g/mol. The number of aryl methyl sites for hydroxylation is 1. The number of anilines is 1. The molecule has 0 unspecified atom stereocenters. The van der Waals surface area contributed by atoms with Gasteiger partial charge in [0.2, 0.25) is 5.91 Å². The summed E-state index contributed by atoms with van der Waals surface area (Å²) in [5.74, 6) is -1.04. The summed E-state index contributed by atoms with van der Waals surface area (Å²) >= 11 is 0. The molecule has 3 rings (SSSR count). The van der Waals surface area contributed by atoms with Crippen LogP contribution in [0.3, 0.4) is 0 Å². The maximum Gasteiger partial charge on any atom is 0.261 e. The maximum absolute atomic E-state index is 13.0. The minimum absolute atomic E-state index is 0.0912. The van der Waals surface area contributed by atoms with E-state index in [4.69, 9.17) is 0 Å². The summed E-state index contributed by atoms with van der Waals surface area (Å²) in [5, 5.41) is 5.63. The fraction of sp³-hybridized carbons (Fsp3) is 0.364. The number of rotatable bonds is 8. The third-order valence-electron chi connectivity index (χ3n) is 5.22. The fourth-order valence-electron chi connectivity index (χ4n) is 3.50. The molecule has 0 aliphatic heterocycles. The van der Waals surface area contributed by atoms with E-state index < -0.39 is 21.7 Å². The number of benzene rings is 2. The number of amides is 2. The van der Waals surface area contributed by atoms with Gasteiger partial charge in [-0.1, -0.05) is 18.9 Å². The number of hydrogen-bond donors (Lipinski definition) is 3. The summed E-state index contributed by atoms with van der Waals surface area (Å²) in [6.45, 7) is 1.85. The van der Waals surface area contributed by atoms with E-state index in [-0.39, 0.29) is 41.1 Å². The minimum atomic E-state index is -3.96. The Balaban J connectivity index is 1.61. The Bertz CT molecular complexity index is 1050. The molecule has 0 bridgehead atoms. The van der Waals surface area contributed by atoms with E-state index in [1.165, 1.54) is 24.3 Å². The third-order valence-corrected chi connectivity index (χ3v) is 6.60. The molecule has 166 valence electrons. The lowest BCUT2D eigenvalue weighted by molar-refractivity contribution is -0.121. The first-order chi connectivity index (χ1) is 14.7. The molecule has 1 aliphatic rings. The lowest BCUT2D eigenvalue weighted by atomic mass is 10.1. The quantitative estimate of drug-likeness (QED) is 0.578. The molecule has 1 fully saturated rings. The van der Waals surface area contributed by atoms with Gasteiger partial charge in [0.05, 0.1) is 4.90 Å². The zero-order valence-electron chi connectivity index (χ0n) is 17.3. The predicted octanol–water partition coefficient (Wildman–Crippen LogP) is 3.11. The lowest BCUT2D eigenvalue weighted by Gasteiger charge is -2.13. The highest BCUT2D eigenvalue weighted by molar-refractivity contribution is 7.92. The molecule has 0 heterocycles. The van der Waals surface area contributed by atoms with Crippen LogP contribution in [0.1, 0.15) is 48.0 Å². The normalized spacial score (nSPS) is 14.3. The number of hydrogen-bond acceptors (Lipinski definition) is 4. The summed E-state index contributed by atoms with van der Waals surface area (Å²) in [5.41, 5.74) is 1.02. The van der Waals surface area contributed by atoms with Crippen molar-refractivity contribution in [2.75, 3.05) is 11.3 Å². The number of carbonyl (C=O) groups is 2. The first kappa shape index (κ1) is 22.7. The largest absolute Gasteiger partial charge is 0.353 e.